The fourth-order valence-corrected chi connectivity index (χ4v) is 2.38. The van der Waals surface area contributed by atoms with Crippen LogP contribution >= 0.6 is 24.0 Å². The summed E-state index contributed by atoms with van der Waals surface area (Å²) in [5.74, 6) is 0.576. The highest BCUT2D eigenvalue weighted by molar-refractivity contribution is 7.80. The molecule has 5 heteroatoms. The second kappa shape index (κ2) is 5.25. The number of anilines is 1. The standard InChI is InChI=1S/C12H11NO2S2/c1-15-9-4-2-3-8(5-9)13-12(14)11-6-10(16)7-17-11/h2-7,16H,1H3,(H,13,14). The molecule has 0 saturated heterocycles. The van der Waals surface area contributed by atoms with Gasteiger partial charge in [-0.05, 0) is 18.2 Å². The fourth-order valence-electron chi connectivity index (χ4n) is 1.34. The van der Waals surface area contributed by atoms with Crippen molar-refractivity contribution in [1.82, 2.24) is 0 Å². The van der Waals surface area contributed by atoms with E-state index in [1.54, 1.807) is 19.2 Å². The highest BCUT2D eigenvalue weighted by atomic mass is 32.1. The molecule has 1 aromatic carbocycles. The predicted molar refractivity (Wildman–Crippen MR) is 72.5 cm³/mol. The summed E-state index contributed by atoms with van der Waals surface area (Å²) in [6.07, 6.45) is 0. The molecule has 2 aromatic rings. The summed E-state index contributed by atoms with van der Waals surface area (Å²) in [5, 5.41) is 4.63. The lowest BCUT2D eigenvalue weighted by atomic mass is 10.3. The van der Waals surface area contributed by atoms with Crippen LogP contribution in [0, 0.1) is 0 Å². The third-order valence-corrected chi connectivity index (χ3v) is 3.50. The fraction of sp³-hybridized carbons (Fsp3) is 0.0833. The number of nitrogens with one attached hydrogen (secondary N) is 1. The predicted octanol–water partition coefficient (Wildman–Crippen LogP) is 3.30. The molecule has 0 fully saturated rings. The molecule has 0 aliphatic carbocycles. The zero-order valence-electron chi connectivity index (χ0n) is 9.14. The van der Waals surface area contributed by atoms with Crippen molar-refractivity contribution in [2.45, 2.75) is 4.90 Å². The molecule has 17 heavy (non-hydrogen) atoms. The largest absolute Gasteiger partial charge is 0.497 e. The molecular weight excluding hydrogens is 254 g/mol. The summed E-state index contributed by atoms with van der Waals surface area (Å²) in [5.41, 5.74) is 0.712. The highest BCUT2D eigenvalue weighted by Crippen LogP contribution is 2.21. The SMILES string of the molecule is COc1cccc(NC(=O)c2cc(S)cs2)c1. The van der Waals surface area contributed by atoms with E-state index < -0.39 is 0 Å². The number of methoxy groups -OCH3 is 1. The first-order valence-corrected chi connectivity index (χ1v) is 6.24. The number of carbonyl (C=O) groups is 1. The maximum Gasteiger partial charge on any atom is 0.265 e. The van der Waals surface area contributed by atoms with Crippen molar-refractivity contribution in [1.29, 1.82) is 0 Å². The van der Waals surface area contributed by atoms with Crippen molar-refractivity contribution in [2.75, 3.05) is 12.4 Å². The van der Waals surface area contributed by atoms with Gasteiger partial charge in [0.25, 0.3) is 5.91 Å². The zero-order valence-corrected chi connectivity index (χ0v) is 10.8. The van der Waals surface area contributed by atoms with Crippen molar-refractivity contribution in [3.63, 3.8) is 0 Å². The van der Waals surface area contributed by atoms with E-state index in [9.17, 15) is 4.79 Å². The Hall–Kier alpha value is -1.46. The molecule has 1 heterocycles. The number of thiophene rings is 1. The van der Waals surface area contributed by atoms with E-state index in [0.717, 1.165) is 4.90 Å². The molecule has 0 atom stereocenters. The van der Waals surface area contributed by atoms with Crippen LogP contribution in [-0.2, 0) is 0 Å². The van der Waals surface area contributed by atoms with E-state index in [-0.39, 0.29) is 5.91 Å². The Morgan fingerprint density at radius 2 is 2.24 bits per heavy atom. The van der Waals surface area contributed by atoms with Gasteiger partial charge in [-0.2, -0.15) is 0 Å². The number of ether oxygens (including phenoxy) is 1. The first-order valence-electron chi connectivity index (χ1n) is 4.92. The molecule has 0 saturated carbocycles. The van der Waals surface area contributed by atoms with Crippen LogP contribution in [-0.4, -0.2) is 13.0 Å². The molecule has 0 bridgehead atoms. The normalized spacial score (nSPS) is 10.0. The average Bonchev–Trinajstić information content (AvgIpc) is 2.76. The number of benzene rings is 1. The van der Waals surface area contributed by atoms with E-state index in [0.29, 0.717) is 16.3 Å². The number of hydrogen-bond acceptors (Lipinski definition) is 4. The Morgan fingerprint density at radius 3 is 2.88 bits per heavy atom. The molecular formula is C12H11NO2S2. The Kier molecular flexibility index (Phi) is 3.71. The zero-order chi connectivity index (χ0) is 12.3. The molecule has 1 aromatic heterocycles. The monoisotopic (exact) mass is 265 g/mol. The van der Waals surface area contributed by atoms with Crippen LogP contribution in [0.15, 0.2) is 40.6 Å². The van der Waals surface area contributed by atoms with Crippen molar-refractivity contribution in [2.24, 2.45) is 0 Å². The van der Waals surface area contributed by atoms with Gasteiger partial charge in [0, 0.05) is 22.0 Å². The lowest BCUT2D eigenvalue weighted by molar-refractivity contribution is 0.103. The molecule has 0 spiro atoms. The number of hydrogen-bond donors (Lipinski definition) is 2. The number of rotatable bonds is 3. The molecule has 1 N–H and O–H groups in total. The number of amides is 1. The van der Waals surface area contributed by atoms with Gasteiger partial charge in [0.1, 0.15) is 5.75 Å². The quantitative estimate of drug-likeness (QED) is 0.836. The van der Waals surface area contributed by atoms with Gasteiger partial charge in [0.05, 0.1) is 12.0 Å². The summed E-state index contributed by atoms with van der Waals surface area (Å²) < 4.78 is 5.09. The van der Waals surface area contributed by atoms with Gasteiger partial charge in [0.15, 0.2) is 0 Å². The minimum absolute atomic E-state index is 0.136. The molecule has 88 valence electrons. The van der Waals surface area contributed by atoms with Crippen LogP contribution in [0.4, 0.5) is 5.69 Å². The van der Waals surface area contributed by atoms with Gasteiger partial charge < -0.3 is 10.1 Å². The molecule has 2 rings (SSSR count). The van der Waals surface area contributed by atoms with Gasteiger partial charge in [-0.25, -0.2) is 0 Å². The molecule has 0 aliphatic rings. The summed E-state index contributed by atoms with van der Waals surface area (Å²) in [6.45, 7) is 0. The Morgan fingerprint density at radius 1 is 1.41 bits per heavy atom. The number of carbonyl (C=O) groups excluding carboxylic acids is 1. The van der Waals surface area contributed by atoms with Crippen LogP contribution in [0.2, 0.25) is 0 Å². The van der Waals surface area contributed by atoms with Crippen LogP contribution in [0.1, 0.15) is 9.67 Å². The molecule has 1 amide bonds. The molecule has 3 nitrogen and oxygen atoms in total. The van der Waals surface area contributed by atoms with Gasteiger partial charge in [0.2, 0.25) is 0 Å². The maximum atomic E-state index is 11.9. The van der Waals surface area contributed by atoms with Gasteiger partial charge in [-0.15, -0.1) is 24.0 Å². The third kappa shape index (κ3) is 3.01. The average molecular weight is 265 g/mol. The molecule has 0 unspecified atom stereocenters. The third-order valence-electron chi connectivity index (χ3n) is 2.14. The first-order chi connectivity index (χ1) is 8.19. The minimum Gasteiger partial charge on any atom is -0.497 e. The van der Waals surface area contributed by atoms with E-state index >= 15 is 0 Å². The topological polar surface area (TPSA) is 38.3 Å². The van der Waals surface area contributed by atoms with Crippen molar-refractivity contribution < 1.29 is 9.53 Å². The first kappa shape index (κ1) is 12.0. The van der Waals surface area contributed by atoms with E-state index in [1.807, 2.05) is 23.6 Å². The molecule has 0 radical (unpaired) electrons. The van der Waals surface area contributed by atoms with Crippen LogP contribution in [0.25, 0.3) is 0 Å². The van der Waals surface area contributed by atoms with Gasteiger partial charge in [-0.3, -0.25) is 4.79 Å². The Labute approximate surface area is 109 Å². The summed E-state index contributed by atoms with van der Waals surface area (Å²) in [4.78, 5) is 13.3. The van der Waals surface area contributed by atoms with Crippen molar-refractivity contribution in [3.8, 4) is 5.75 Å². The second-order valence-corrected chi connectivity index (χ2v) is 4.78. The Bertz CT molecular complexity index is 537. The van der Waals surface area contributed by atoms with Gasteiger partial charge >= 0.3 is 0 Å². The highest BCUT2D eigenvalue weighted by Gasteiger charge is 2.08. The van der Waals surface area contributed by atoms with Crippen molar-refractivity contribution >= 4 is 35.6 Å². The Balaban J connectivity index is 2.12. The van der Waals surface area contributed by atoms with Gasteiger partial charge in [-0.1, -0.05) is 6.07 Å². The lowest BCUT2D eigenvalue weighted by Crippen LogP contribution is -2.09. The smallest absolute Gasteiger partial charge is 0.265 e. The van der Waals surface area contributed by atoms with E-state index in [1.165, 1.54) is 11.3 Å². The summed E-state index contributed by atoms with van der Waals surface area (Å²) in [6, 6.07) is 8.98. The van der Waals surface area contributed by atoms with E-state index in [2.05, 4.69) is 17.9 Å². The maximum absolute atomic E-state index is 11.9. The summed E-state index contributed by atoms with van der Waals surface area (Å²) >= 11 is 5.54. The number of thiol groups is 1. The summed E-state index contributed by atoms with van der Waals surface area (Å²) in [7, 11) is 1.59. The second-order valence-electron chi connectivity index (χ2n) is 3.36. The van der Waals surface area contributed by atoms with Crippen molar-refractivity contribution in [3.05, 3.63) is 40.6 Å². The minimum atomic E-state index is -0.136. The van der Waals surface area contributed by atoms with Crippen LogP contribution in [0.5, 0.6) is 5.75 Å². The van der Waals surface area contributed by atoms with E-state index in [4.69, 9.17) is 4.74 Å². The lowest BCUT2D eigenvalue weighted by Gasteiger charge is -2.05. The van der Waals surface area contributed by atoms with Crippen LogP contribution in [0.3, 0.4) is 0 Å². The molecule has 0 aliphatic heterocycles. The van der Waals surface area contributed by atoms with Crippen LogP contribution < -0.4 is 10.1 Å².